The van der Waals surface area contributed by atoms with Gasteiger partial charge in [-0.1, -0.05) is 0 Å². The second kappa shape index (κ2) is 21.7. The van der Waals surface area contributed by atoms with Crippen LogP contribution in [-0.4, -0.2) is 103 Å². The van der Waals surface area contributed by atoms with Gasteiger partial charge in [0.05, 0.1) is 12.7 Å². The van der Waals surface area contributed by atoms with Gasteiger partial charge in [0.25, 0.3) is 0 Å². The molecule has 0 aromatic heterocycles. The van der Waals surface area contributed by atoms with Crippen molar-refractivity contribution < 1.29 is 49.8 Å². The number of hydrogen-bond donors (Lipinski definition) is 10. The Balaban J connectivity index is -0.000000152. The van der Waals surface area contributed by atoms with E-state index >= 15 is 0 Å². The number of aliphatic hydroxyl groups is 2. The summed E-state index contributed by atoms with van der Waals surface area (Å²) in [6, 6.07) is -3.70. The lowest BCUT2D eigenvalue weighted by atomic mass is 10.2. The number of aliphatic carboxylic acids is 4. The van der Waals surface area contributed by atoms with Crippen LogP contribution in [0.25, 0.3) is 0 Å². The summed E-state index contributed by atoms with van der Waals surface area (Å²) >= 11 is 1.60. The zero-order valence-corrected chi connectivity index (χ0v) is 17.9. The summed E-state index contributed by atoms with van der Waals surface area (Å²) in [4.78, 5) is 39.1. The van der Waals surface area contributed by atoms with Crippen LogP contribution in [0.2, 0.25) is 0 Å². The molecule has 0 aromatic carbocycles. The van der Waals surface area contributed by atoms with Crippen LogP contribution < -0.4 is 22.9 Å². The minimum absolute atomic E-state index is 0.505. The Morgan fingerprint density at radius 1 is 0.800 bits per heavy atom. The van der Waals surface area contributed by atoms with Crippen LogP contribution in [0.5, 0.6) is 0 Å². The van der Waals surface area contributed by atoms with Crippen LogP contribution in [0.15, 0.2) is 0 Å². The Morgan fingerprint density at radius 3 is 1.27 bits per heavy atom. The highest BCUT2D eigenvalue weighted by molar-refractivity contribution is 7.98. The van der Waals surface area contributed by atoms with Gasteiger partial charge in [-0.25, -0.2) is 0 Å². The second-order valence-electron chi connectivity index (χ2n) is 5.59. The Labute approximate surface area is 178 Å². The summed E-state index contributed by atoms with van der Waals surface area (Å²) in [7, 11) is 0. The molecular formula is C15H34N4O10S. The van der Waals surface area contributed by atoms with E-state index in [9.17, 15) is 19.2 Å². The molecule has 180 valence electrons. The Hall–Kier alpha value is -2.01. The topological polar surface area (TPSA) is 294 Å². The molecule has 0 aliphatic carbocycles. The first-order valence-corrected chi connectivity index (χ1v) is 9.67. The van der Waals surface area contributed by atoms with E-state index in [-0.39, 0.29) is 0 Å². The molecule has 0 saturated heterocycles. The van der Waals surface area contributed by atoms with E-state index < -0.39 is 60.8 Å². The van der Waals surface area contributed by atoms with Crippen molar-refractivity contribution in [3.8, 4) is 0 Å². The number of thioether (sulfide) groups is 1. The summed E-state index contributed by atoms with van der Waals surface area (Å²) in [5, 5.41) is 48.6. The maximum absolute atomic E-state index is 10.1. The third-order valence-electron chi connectivity index (χ3n) is 2.66. The zero-order valence-electron chi connectivity index (χ0n) is 17.0. The smallest absolute Gasteiger partial charge is 0.323 e. The molecule has 15 heteroatoms. The van der Waals surface area contributed by atoms with Gasteiger partial charge >= 0.3 is 23.9 Å². The molecule has 0 bridgehead atoms. The summed E-state index contributed by atoms with van der Waals surface area (Å²) in [6.45, 7) is 2.25. The van der Waals surface area contributed by atoms with E-state index in [1.54, 1.807) is 11.8 Å². The minimum Gasteiger partial charge on any atom is -0.480 e. The molecule has 14 N–H and O–H groups in total. The lowest BCUT2D eigenvalue weighted by Crippen LogP contribution is -2.39. The molecule has 0 aromatic rings. The normalized spacial score (nSPS) is 14.4. The highest BCUT2D eigenvalue weighted by Crippen LogP contribution is 1.97. The average Bonchev–Trinajstić information content (AvgIpc) is 2.65. The first-order valence-electron chi connectivity index (χ1n) is 8.27. The molecule has 0 amide bonds. The molecule has 0 aliphatic heterocycles. The van der Waals surface area contributed by atoms with Crippen molar-refractivity contribution >= 4 is 35.6 Å². The van der Waals surface area contributed by atoms with Gasteiger partial charge in [0.15, 0.2) is 0 Å². The third-order valence-corrected chi connectivity index (χ3v) is 3.30. The van der Waals surface area contributed by atoms with Gasteiger partial charge in [-0.2, -0.15) is 11.8 Å². The highest BCUT2D eigenvalue weighted by atomic mass is 32.2. The van der Waals surface area contributed by atoms with Crippen LogP contribution in [0.3, 0.4) is 0 Å². The van der Waals surface area contributed by atoms with E-state index in [0.29, 0.717) is 6.42 Å². The van der Waals surface area contributed by atoms with Gasteiger partial charge in [-0.3, -0.25) is 19.2 Å². The molecule has 0 aliphatic rings. The Bertz CT molecular complexity index is 494. The fraction of sp³-hybridized carbons (Fsp3) is 0.733. The van der Waals surface area contributed by atoms with Gasteiger partial charge in [0, 0.05) is 0 Å². The summed E-state index contributed by atoms with van der Waals surface area (Å²) < 4.78 is 0. The van der Waals surface area contributed by atoms with Crippen molar-refractivity contribution in [2.75, 3.05) is 18.6 Å². The van der Waals surface area contributed by atoms with Gasteiger partial charge in [0.2, 0.25) is 0 Å². The number of hydrogen-bond acceptors (Lipinski definition) is 11. The predicted molar refractivity (Wildman–Crippen MR) is 110 cm³/mol. The van der Waals surface area contributed by atoms with Crippen molar-refractivity contribution in [2.24, 2.45) is 22.9 Å². The number of carboxylic acid groups (broad SMARTS) is 4. The van der Waals surface area contributed by atoms with Crippen molar-refractivity contribution in [2.45, 2.75) is 50.5 Å². The molecule has 0 unspecified atom stereocenters. The van der Waals surface area contributed by atoms with E-state index in [2.05, 4.69) is 0 Å². The molecule has 0 spiro atoms. The largest absolute Gasteiger partial charge is 0.480 e. The van der Waals surface area contributed by atoms with Gasteiger partial charge in [-0.15, -0.1) is 0 Å². The molecule has 0 saturated carbocycles. The van der Waals surface area contributed by atoms with Crippen molar-refractivity contribution in [3.05, 3.63) is 0 Å². The van der Waals surface area contributed by atoms with E-state index in [4.69, 9.17) is 53.6 Å². The monoisotopic (exact) mass is 462 g/mol. The Kier molecular flexibility index (Phi) is 25.6. The maximum atomic E-state index is 10.1. The van der Waals surface area contributed by atoms with Crippen molar-refractivity contribution in [1.82, 2.24) is 0 Å². The lowest BCUT2D eigenvalue weighted by molar-refractivity contribution is -0.141. The van der Waals surface area contributed by atoms with E-state index in [1.165, 1.54) is 13.8 Å². The number of nitrogens with two attached hydrogens (primary N) is 4. The average molecular weight is 463 g/mol. The number of rotatable bonds is 9. The molecule has 0 fully saturated rings. The molecule has 0 heterocycles. The first-order chi connectivity index (χ1) is 13.6. The van der Waals surface area contributed by atoms with Gasteiger partial charge < -0.3 is 53.6 Å². The molecule has 0 radical (unpaired) electrons. The number of carbonyl (C=O) groups is 4. The molecular weight excluding hydrogens is 428 g/mol. The predicted octanol–water partition coefficient (Wildman–Crippen LogP) is -3.26. The van der Waals surface area contributed by atoms with Gasteiger partial charge in [-0.05, 0) is 32.3 Å². The van der Waals surface area contributed by atoms with Crippen LogP contribution >= 0.6 is 11.8 Å². The van der Waals surface area contributed by atoms with E-state index in [0.717, 1.165) is 5.75 Å². The number of carboxylic acids is 4. The summed E-state index contributed by atoms with van der Waals surface area (Å²) in [5.41, 5.74) is 19.7. The van der Waals surface area contributed by atoms with Gasteiger partial charge in [0.1, 0.15) is 24.2 Å². The summed E-state index contributed by atoms with van der Waals surface area (Å²) in [5.74, 6) is -3.42. The van der Waals surface area contributed by atoms with Crippen molar-refractivity contribution in [3.63, 3.8) is 0 Å². The fourth-order valence-electron chi connectivity index (χ4n) is 0.653. The SMILES string of the molecule is CSCC[C@H](N)C(=O)O.C[C@@H](O)[C@H](N)C(=O)O.C[C@H](N)C(=O)O.N[C@@H](CO)C(=O)O. The second-order valence-corrected chi connectivity index (χ2v) is 6.57. The number of aliphatic hydroxyl groups excluding tert-OH is 2. The van der Waals surface area contributed by atoms with Crippen LogP contribution in [0.4, 0.5) is 0 Å². The van der Waals surface area contributed by atoms with Crippen LogP contribution in [0, 0.1) is 0 Å². The first kappa shape index (κ1) is 35.4. The third kappa shape index (κ3) is 28.2. The standard InChI is InChI=1S/C5H11NO2S.C4H9NO3.C3H7NO3.C3H7NO2/c1-9-3-2-4(6)5(7)8;1-2(6)3(5)4(7)8;4-2(1-5)3(6)7;1-2(4)3(5)6/h4H,2-3,6H2,1H3,(H,7,8);2-3,6H,5H2,1H3,(H,7,8);2,5H,1,4H2,(H,6,7);2H,4H2,1H3,(H,5,6)/t4-;2-,3+;2*2-/m0100/s1. The molecule has 0 rings (SSSR count). The maximum Gasteiger partial charge on any atom is 0.323 e. The molecule has 14 nitrogen and oxygen atoms in total. The highest BCUT2D eigenvalue weighted by Gasteiger charge is 2.16. The molecule has 5 atom stereocenters. The minimum atomic E-state index is -1.18. The van der Waals surface area contributed by atoms with E-state index in [1.807, 2.05) is 6.26 Å². The zero-order chi connectivity index (χ0) is 25.0. The van der Waals surface area contributed by atoms with Crippen LogP contribution in [-0.2, 0) is 19.2 Å². The fourth-order valence-corrected chi connectivity index (χ4v) is 1.14. The van der Waals surface area contributed by atoms with Crippen molar-refractivity contribution in [1.29, 1.82) is 0 Å². The van der Waals surface area contributed by atoms with Crippen LogP contribution in [0.1, 0.15) is 20.3 Å². The Morgan fingerprint density at radius 2 is 1.17 bits per heavy atom. The quantitative estimate of drug-likeness (QED) is 0.161. The summed E-state index contributed by atoms with van der Waals surface area (Å²) in [6.07, 6.45) is 1.50. The molecule has 30 heavy (non-hydrogen) atoms. The lowest BCUT2D eigenvalue weighted by Gasteiger charge is -2.06.